The molecule has 1 fully saturated rings. The molecule has 7 nitrogen and oxygen atoms in total. The van der Waals surface area contributed by atoms with Crippen molar-refractivity contribution in [2.75, 3.05) is 27.7 Å². The van der Waals surface area contributed by atoms with Gasteiger partial charge in [0.05, 0.1) is 6.04 Å². The molecule has 0 radical (unpaired) electrons. The molecule has 196 valence electrons. The van der Waals surface area contributed by atoms with Gasteiger partial charge < -0.3 is 21.1 Å². The van der Waals surface area contributed by atoms with Crippen LogP contribution < -0.4 is 11.1 Å². The van der Waals surface area contributed by atoms with Gasteiger partial charge in [0.2, 0.25) is 5.91 Å². The first-order valence-electron chi connectivity index (χ1n) is 12.1. The summed E-state index contributed by atoms with van der Waals surface area (Å²) in [7, 11) is 5.11. The predicted octanol–water partition coefficient (Wildman–Crippen LogP) is 3.76. The van der Waals surface area contributed by atoms with Gasteiger partial charge in [0.15, 0.2) is 0 Å². The van der Waals surface area contributed by atoms with Gasteiger partial charge >= 0.3 is 5.97 Å². The standard InChI is InChI=1S/C24H35N3O3S.C2H4.CH5N/c1-7-19-16(4)22(21(25-19)24(29)30)31-18-11-20(23(28)26(5)6)27(13-18)12-17-9-8-14(2)10-15(17)3;2*1-2/h8-10,16,18-20,25H,7,11-13H2,1-6H3,(H,29,30);1-2H2;2H2,1H3. The van der Waals surface area contributed by atoms with Crippen LogP contribution in [0.2, 0.25) is 0 Å². The third kappa shape index (κ3) is 7.59. The van der Waals surface area contributed by atoms with E-state index in [1.165, 1.54) is 23.7 Å². The van der Waals surface area contributed by atoms with Crippen molar-refractivity contribution in [3.05, 3.63) is 58.6 Å². The normalized spacial score (nSPS) is 23.5. The third-order valence-corrected chi connectivity index (χ3v) is 8.01. The summed E-state index contributed by atoms with van der Waals surface area (Å²) in [5.74, 6) is -0.613. The molecule has 2 aliphatic rings. The molecule has 0 bridgehead atoms. The maximum Gasteiger partial charge on any atom is 0.352 e. The van der Waals surface area contributed by atoms with Crippen molar-refractivity contribution in [2.45, 2.75) is 64.4 Å². The van der Waals surface area contributed by atoms with Gasteiger partial charge in [-0.1, -0.05) is 37.6 Å². The Balaban J connectivity index is 0.00000145. The molecule has 1 aromatic carbocycles. The molecule has 35 heavy (non-hydrogen) atoms. The maximum atomic E-state index is 13.0. The Morgan fingerprint density at radius 3 is 2.40 bits per heavy atom. The lowest BCUT2D eigenvalue weighted by atomic mass is 10.0. The summed E-state index contributed by atoms with van der Waals surface area (Å²) >= 11 is 1.66. The molecule has 0 aliphatic carbocycles. The molecule has 1 amide bonds. The van der Waals surface area contributed by atoms with Crippen molar-refractivity contribution in [1.29, 1.82) is 0 Å². The van der Waals surface area contributed by atoms with E-state index in [1.807, 2.05) is 0 Å². The van der Waals surface area contributed by atoms with E-state index < -0.39 is 5.97 Å². The minimum Gasteiger partial charge on any atom is -0.477 e. The smallest absolute Gasteiger partial charge is 0.352 e. The first kappa shape index (κ1) is 30.7. The van der Waals surface area contributed by atoms with E-state index in [4.69, 9.17) is 0 Å². The quantitative estimate of drug-likeness (QED) is 0.486. The maximum absolute atomic E-state index is 13.0. The number of amides is 1. The first-order chi connectivity index (χ1) is 16.6. The predicted molar refractivity (Wildman–Crippen MR) is 147 cm³/mol. The monoisotopic (exact) mass is 504 g/mol. The number of carbonyl (C=O) groups excluding carboxylic acids is 1. The Bertz CT molecular complexity index is 902. The van der Waals surface area contributed by atoms with Crippen molar-refractivity contribution in [3.63, 3.8) is 0 Å². The summed E-state index contributed by atoms with van der Waals surface area (Å²) in [6.07, 6.45) is 1.61. The number of carbonyl (C=O) groups is 2. The van der Waals surface area contributed by atoms with Crippen molar-refractivity contribution >= 4 is 23.6 Å². The number of benzene rings is 1. The molecule has 0 spiro atoms. The molecule has 2 aliphatic heterocycles. The van der Waals surface area contributed by atoms with Crippen molar-refractivity contribution < 1.29 is 14.7 Å². The highest BCUT2D eigenvalue weighted by molar-refractivity contribution is 8.03. The minimum atomic E-state index is -0.892. The Hall–Kier alpha value is -2.29. The number of carboxylic acid groups (broad SMARTS) is 1. The largest absolute Gasteiger partial charge is 0.477 e. The van der Waals surface area contributed by atoms with Crippen LogP contribution in [0.15, 0.2) is 42.0 Å². The van der Waals surface area contributed by atoms with Crippen LogP contribution in [0.3, 0.4) is 0 Å². The van der Waals surface area contributed by atoms with Crippen molar-refractivity contribution in [1.82, 2.24) is 15.1 Å². The zero-order valence-corrected chi connectivity index (χ0v) is 23.2. The second-order valence-electron chi connectivity index (χ2n) is 9.08. The van der Waals surface area contributed by atoms with Crippen LogP contribution in [0.25, 0.3) is 0 Å². The average Bonchev–Trinajstić information content (AvgIpc) is 3.38. The van der Waals surface area contributed by atoms with Crippen molar-refractivity contribution in [3.8, 4) is 0 Å². The zero-order chi connectivity index (χ0) is 26.9. The van der Waals surface area contributed by atoms with Gasteiger partial charge in [0, 0.05) is 49.3 Å². The van der Waals surface area contributed by atoms with E-state index in [0.29, 0.717) is 5.70 Å². The number of rotatable bonds is 7. The van der Waals surface area contributed by atoms with Gasteiger partial charge in [0.25, 0.3) is 0 Å². The van der Waals surface area contributed by atoms with E-state index >= 15 is 0 Å². The number of hydrogen-bond donors (Lipinski definition) is 3. The molecular weight excluding hydrogens is 460 g/mol. The number of hydrogen-bond acceptors (Lipinski definition) is 6. The Kier molecular flexibility index (Phi) is 12.6. The summed E-state index contributed by atoms with van der Waals surface area (Å²) < 4.78 is 0. The summed E-state index contributed by atoms with van der Waals surface area (Å²) in [6, 6.07) is 6.42. The van der Waals surface area contributed by atoms with Crippen LogP contribution in [-0.4, -0.2) is 71.8 Å². The number of nitrogens with zero attached hydrogens (tertiary/aromatic N) is 2. The molecule has 0 saturated carbocycles. The summed E-state index contributed by atoms with van der Waals surface area (Å²) in [4.78, 5) is 29.6. The Morgan fingerprint density at radius 2 is 1.89 bits per heavy atom. The first-order valence-corrected chi connectivity index (χ1v) is 13.0. The summed E-state index contributed by atoms with van der Waals surface area (Å²) in [5.41, 5.74) is 8.55. The highest BCUT2D eigenvalue weighted by Gasteiger charge is 2.41. The van der Waals surface area contributed by atoms with Crippen LogP contribution >= 0.6 is 11.8 Å². The lowest BCUT2D eigenvalue weighted by Gasteiger charge is -2.26. The van der Waals surface area contributed by atoms with Crippen molar-refractivity contribution in [2.24, 2.45) is 11.7 Å². The lowest BCUT2D eigenvalue weighted by Crippen LogP contribution is -2.42. The SMILES string of the molecule is C=C.CCC1NC(C(=O)O)=C(SC2CC(C(=O)N(C)C)N(Cc3ccc(C)cc3C)C2)C1C.CN. The van der Waals surface area contributed by atoms with E-state index in [-0.39, 0.29) is 29.2 Å². The van der Waals surface area contributed by atoms with Crippen LogP contribution in [0.4, 0.5) is 0 Å². The van der Waals surface area contributed by atoms with Crippen LogP contribution in [0.5, 0.6) is 0 Å². The van der Waals surface area contributed by atoms with Crippen LogP contribution in [0.1, 0.15) is 43.4 Å². The average molecular weight is 505 g/mol. The number of likely N-dealkylation sites (tertiary alicyclic amines) is 1. The van der Waals surface area contributed by atoms with Crippen LogP contribution in [0, 0.1) is 19.8 Å². The number of nitrogens with two attached hydrogens (primary N) is 1. The molecule has 1 saturated heterocycles. The second-order valence-corrected chi connectivity index (χ2v) is 10.4. The molecule has 3 rings (SSSR count). The highest BCUT2D eigenvalue weighted by atomic mass is 32.2. The summed E-state index contributed by atoms with van der Waals surface area (Å²) in [5, 5.41) is 13.1. The summed E-state index contributed by atoms with van der Waals surface area (Å²) in [6.45, 7) is 15.9. The number of aliphatic carboxylic acids is 1. The van der Waals surface area contributed by atoms with E-state index in [9.17, 15) is 14.7 Å². The molecule has 2 heterocycles. The number of likely N-dealkylation sites (N-methyl/N-ethyl adjacent to an activating group) is 1. The van der Waals surface area contributed by atoms with Gasteiger partial charge in [0.1, 0.15) is 5.70 Å². The highest BCUT2D eigenvalue weighted by Crippen LogP contribution is 2.42. The fourth-order valence-electron chi connectivity index (χ4n) is 4.68. The topological polar surface area (TPSA) is 98.9 Å². The number of aryl methyl sites for hydroxylation is 2. The molecule has 4 atom stereocenters. The zero-order valence-electron chi connectivity index (χ0n) is 22.4. The molecule has 4 unspecified atom stereocenters. The number of thioether (sulfide) groups is 1. The fourth-order valence-corrected chi connectivity index (χ4v) is 6.23. The molecule has 4 N–H and O–H groups in total. The Morgan fingerprint density at radius 1 is 1.26 bits per heavy atom. The molecule has 1 aromatic rings. The van der Waals surface area contributed by atoms with Crippen LogP contribution in [-0.2, 0) is 16.1 Å². The number of nitrogens with one attached hydrogen (secondary N) is 1. The fraction of sp³-hybridized carbons (Fsp3) is 0.556. The van der Waals surface area contributed by atoms with Gasteiger partial charge in [-0.3, -0.25) is 9.69 Å². The second kappa shape index (κ2) is 14.3. The van der Waals surface area contributed by atoms with Gasteiger partial charge in [-0.15, -0.1) is 24.9 Å². The van der Waals surface area contributed by atoms with E-state index in [2.05, 4.69) is 75.0 Å². The molecule has 0 aromatic heterocycles. The van der Waals surface area contributed by atoms with Gasteiger partial charge in [-0.2, -0.15) is 0 Å². The third-order valence-electron chi connectivity index (χ3n) is 6.50. The minimum absolute atomic E-state index is 0.115. The number of carboxylic acids is 1. The molecular formula is C27H44N4O3S. The Labute approximate surface area is 215 Å². The van der Waals surface area contributed by atoms with Gasteiger partial charge in [-0.25, -0.2) is 4.79 Å². The van der Waals surface area contributed by atoms with E-state index in [1.54, 1.807) is 30.8 Å². The molecule has 8 heteroatoms. The van der Waals surface area contributed by atoms with Gasteiger partial charge in [-0.05, 0) is 44.9 Å². The lowest BCUT2D eigenvalue weighted by molar-refractivity contribution is -0.134. The van der Waals surface area contributed by atoms with E-state index in [0.717, 1.165) is 30.8 Å².